The summed E-state index contributed by atoms with van der Waals surface area (Å²) in [5.74, 6) is -1.55. The minimum Gasteiger partial charge on any atom is -0.376 e. The molecule has 1 fully saturated rings. The molecule has 4 heteroatoms. The van der Waals surface area contributed by atoms with E-state index in [-0.39, 0.29) is 6.10 Å². The van der Waals surface area contributed by atoms with Crippen LogP contribution in [0.5, 0.6) is 0 Å². The average molecular weight is 190 g/mol. The number of hydrogen-bond acceptors (Lipinski definition) is 4. The molecule has 0 aromatic carbocycles. The molecule has 0 saturated carbocycles. The van der Waals surface area contributed by atoms with E-state index >= 15 is 0 Å². The molecule has 78 valence electrons. The molecule has 1 aliphatic heterocycles. The van der Waals surface area contributed by atoms with Gasteiger partial charge in [-0.2, -0.15) is 0 Å². The van der Waals surface area contributed by atoms with Gasteiger partial charge in [-0.3, -0.25) is 0 Å². The maximum atomic E-state index is 9.03. The lowest BCUT2D eigenvalue weighted by Crippen LogP contribution is -2.29. The van der Waals surface area contributed by atoms with Crippen LogP contribution in [0.4, 0.5) is 0 Å². The summed E-state index contributed by atoms with van der Waals surface area (Å²) in [5.41, 5.74) is 0. The van der Waals surface area contributed by atoms with E-state index in [0.717, 1.165) is 12.8 Å². The van der Waals surface area contributed by atoms with Crippen LogP contribution in [0.1, 0.15) is 26.2 Å². The molecule has 0 aromatic heterocycles. The molecule has 1 heterocycles. The second-order valence-corrected chi connectivity index (χ2v) is 3.68. The van der Waals surface area contributed by atoms with Gasteiger partial charge in [0.15, 0.2) is 5.79 Å². The highest BCUT2D eigenvalue weighted by Crippen LogP contribution is 2.14. The molecule has 0 aromatic rings. The molecule has 1 rings (SSSR count). The zero-order chi connectivity index (χ0) is 9.73. The maximum Gasteiger partial charge on any atom is 0.159 e. The third-order valence-corrected chi connectivity index (χ3v) is 2.06. The first-order valence-electron chi connectivity index (χ1n) is 4.72. The van der Waals surface area contributed by atoms with Crippen molar-refractivity contribution in [2.45, 2.75) is 38.1 Å². The zero-order valence-corrected chi connectivity index (χ0v) is 8.03. The molecule has 0 spiro atoms. The molecular formula is C9H18O4. The normalized spacial score (nSPS) is 24.7. The minimum absolute atomic E-state index is 0.135. The largest absolute Gasteiger partial charge is 0.376 e. The van der Waals surface area contributed by atoms with E-state index in [1.54, 1.807) is 0 Å². The van der Waals surface area contributed by atoms with Gasteiger partial charge in [-0.05, 0) is 19.8 Å². The fourth-order valence-electron chi connectivity index (χ4n) is 1.37. The van der Waals surface area contributed by atoms with E-state index < -0.39 is 5.79 Å². The lowest BCUT2D eigenvalue weighted by atomic mass is 10.1. The predicted octanol–water partition coefficient (Wildman–Crippen LogP) is 0.273. The topological polar surface area (TPSA) is 58.9 Å². The van der Waals surface area contributed by atoms with Crippen LogP contribution >= 0.6 is 0 Å². The third kappa shape index (κ3) is 5.21. The van der Waals surface area contributed by atoms with E-state index in [0.29, 0.717) is 26.2 Å². The highest BCUT2D eigenvalue weighted by Gasteiger charge is 2.18. The molecule has 1 saturated heterocycles. The van der Waals surface area contributed by atoms with Crippen molar-refractivity contribution in [2.24, 2.45) is 0 Å². The Kier molecular flexibility index (Phi) is 4.12. The summed E-state index contributed by atoms with van der Waals surface area (Å²) in [7, 11) is 0. The molecule has 4 nitrogen and oxygen atoms in total. The van der Waals surface area contributed by atoms with Crippen LogP contribution in [0.25, 0.3) is 0 Å². The Morgan fingerprint density at radius 3 is 2.69 bits per heavy atom. The number of aliphatic hydroxyl groups is 2. The Morgan fingerprint density at radius 2 is 2.15 bits per heavy atom. The fourth-order valence-corrected chi connectivity index (χ4v) is 1.37. The Labute approximate surface area is 78.5 Å². The summed E-state index contributed by atoms with van der Waals surface area (Å²) >= 11 is 0. The summed E-state index contributed by atoms with van der Waals surface area (Å²) in [4.78, 5) is 0. The standard InChI is InChI=1S/C9H18O4/c1-9(10,11)4-2-3-8-7-12-5-6-13-8/h8,10-11H,2-7H2,1H3. The van der Waals surface area contributed by atoms with Crippen LogP contribution in [0.3, 0.4) is 0 Å². The van der Waals surface area contributed by atoms with Crippen molar-refractivity contribution in [3.63, 3.8) is 0 Å². The van der Waals surface area contributed by atoms with Crippen molar-refractivity contribution < 1.29 is 19.7 Å². The molecule has 1 atom stereocenters. The predicted molar refractivity (Wildman–Crippen MR) is 47.3 cm³/mol. The van der Waals surface area contributed by atoms with E-state index in [1.165, 1.54) is 6.92 Å². The fraction of sp³-hybridized carbons (Fsp3) is 1.00. The first kappa shape index (κ1) is 10.9. The lowest BCUT2D eigenvalue weighted by molar-refractivity contribution is -0.153. The van der Waals surface area contributed by atoms with Crippen LogP contribution in [-0.2, 0) is 9.47 Å². The van der Waals surface area contributed by atoms with Gasteiger partial charge in [0.2, 0.25) is 0 Å². The van der Waals surface area contributed by atoms with Gasteiger partial charge in [0.1, 0.15) is 0 Å². The Balaban J connectivity index is 2.04. The van der Waals surface area contributed by atoms with Crippen LogP contribution in [0, 0.1) is 0 Å². The summed E-state index contributed by atoms with van der Waals surface area (Å²) in [6.07, 6.45) is 2.09. The van der Waals surface area contributed by atoms with Gasteiger partial charge in [-0.15, -0.1) is 0 Å². The molecule has 0 radical (unpaired) electrons. The van der Waals surface area contributed by atoms with E-state index in [1.807, 2.05) is 0 Å². The van der Waals surface area contributed by atoms with Crippen molar-refractivity contribution >= 4 is 0 Å². The van der Waals surface area contributed by atoms with Gasteiger partial charge in [-0.1, -0.05) is 0 Å². The average Bonchev–Trinajstić information content (AvgIpc) is 2.04. The van der Waals surface area contributed by atoms with Crippen molar-refractivity contribution in [3.8, 4) is 0 Å². The summed E-state index contributed by atoms with van der Waals surface area (Å²) in [5, 5.41) is 18.1. The minimum atomic E-state index is -1.55. The first-order chi connectivity index (χ1) is 6.08. The number of rotatable bonds is 4. The lowest BCUT2D eigenvalue weighted by Gasteiger charge is -2.23. The maximum absolute atomic E-state index is 9.03. The van der Waals surface area contributed by atoms with Gasteiger partial charge in [0.25, 0.3) is 0 Å². The third-order valence-electron chi connectivity index (χ3n) is 2.06. The van der Waals surface area contributed by atoms with Gasteiger partial charge >= 0.3 is 0 Å². The summed E-state index contributed by atoms with van der Waals surface area (Å²) in [6, 6.07) is 0. The van der Waals surface area contributed by atoms with E-state index in [9.17, 15) is 0 Å². The molecule has 1 unspecified atom stereocenters. The molecule has 2 N–H and O–H groups in total. The van der Waals surface area contributed by atoms with Gasteiger partial charge in [0.05, 0.1) is 25.9 Å². The van der Waals surface area contributed by atoms with Crippen LogP contribution in [0.15, 0.2) is 0 Å². The van der Waals surface area contributed by atoms with E-state index in [4.69, 9.17) is 19.7 Å². The quantitative estimate of drug-likeness (QED) is 0.625. The molecule has 0 amide bonds. The van der Waals surface area contributed by atoms with Crippen LogP contribution in [0.2, 0.25) is 0 Å². The Morgan fingerprint density at radius 1 is 1.38 bits per heavy atom. The smallest absolute Gasteiger partial charge is 0.159 e. The zero-order valence-electron chi connectivity index (χ0n) is 8.03. The van der Waals surface area contributed by atoms with Crippen molar-refractivity contribution in [1.82, 2.24) is 0 Å². The second kappa shape index (κ2) is 4.91. The van der Waals surface area contributed by atoms with Crippen molar-refractivity contribution in [3.05, 3.63) is 0 Å². The molecule has 1 aliphatic rings. The van der Waals surface area contributed by atoms with Gasteiger partial charge < -0.3 is 19.7 Å². The van der Waals surface area contributed by atoms with E-state index in [2.05, 4.69) is 0 Å². The molecular weight excluding hydrogens is 172 g/mol. The molecule has 0 bridgehead atoms. The van der Waals surface area contributed by atoms with Gasteiger partial charge in [-0.25, -0.2) is 0 Å². The van der Waals surface area contributed by atoms with Crippen molar-refractivity contribution in [2.75, 3.05) is 19.8 Å². The molecule has 0 aliphatic carbocycles. The van der Waals surface area contributed by atoms with Crippen molar-refractivity contribution in [1.29, 1.82) is 0 Å². The van der Waals surface area contributed by atoms with Crippen LogP contribution < -0.4 is 0 Å². The van der Waals surface area contributed by atoms with Crippen LogP contribution in [-0.4, -0.2) is 41.9 Å². The first-order valence-corrected chi connectivity index (χ1v) is 4.72. The number of hydrogen-bond donors (Lipinski definition) is 2. The van der Waals surface area contributed by atoms with Gasteiger partial charge in [0, 0.05) is 6.42 Å². The Hall–Kier alpha value is -0.160. The highest BCUT2D eigenvalue weighted by atomic mass is 16.6. The second-order valence-electron chi connectivity index (χ2n) is 3.68. The summed E-state index contributed by atoms with van der Waals surface area (Å²) in [6.45, 7) is 3.35. The summed E-state index contributed by atoms with van der Waals surface area (Å²) < 4.78 is 10.6. The highest BCUT2D eigenvalue weighted by molar-refractivity contribution is 4.64. The monoisotopic (exact) mass is 190 g/mol. The molecule has 13 heavy (non-hydrogen) atoms. The number of ether oxygens (including phenoxy) is 2. The SMILES string of the molecule is CC(O)(O)CCCC1COCCO1. The Bertz CT molecular complexity index is 135.